The summed E-state index contributed by atoms with van der Waals surface area (Å²) in [4.78, 5) is 17.9. The van der Waals surface area contributed by atoms with E-state index < -0.39 is 0 Å². The second-order valence-electron chi connectivity index (χ2n) is 3.84. The molecule has 3 rings (SSSR count). The molecule has 84 valence electrons. The first kappa shape index (κ1) is 9.84. The molecule has 4 heteroatoms. The highest BCUT2D eigenvalue weighted by Crippen LogP contribution is 2.32. The predicted molar refractivity (Wildman–Crippen MR) is 66.3 cm³/mol. The number of hydrogen-bond donors (Lipinski definition) is 1. The number of amides is 1. The molecule has 0 radical (unpaired) electrons. The van der Waals surface area contributed by atoms with Crippen molar-refractivity contribution in [3.05, 3.63) is 48.7 Å². The van der Waals surface area contributed by atoms with Crippen molar-refractivity contribution in [2.45, 2.75) is 0 Å². The second-order valence-corrected chi connectivity index (χ2v) is 3.84. The molecule has 0 unspecified atom stereocenters. The number of nitrogens with one attached hydrogen (secondary N) is 1. The van der Waals surface area contributed by atoms with E-state index in [1.54, 1.807) is 6.20 Å². The maximum absolute atomic E-state index is 11.6. The van der Waals surface area contributed by atoms with Crippen molar-refractivity contribution in [1.82, 2.24) is 4.98 Å². The highest BCUT2D eigenvalue weighted by molar-refractivity contribution is 6.02. The molecular weight excluding hydrogens is 214 g/mol. The van der Waals surface area contributed by atoms with Gasteiger partial charge in [0, 0.05) is 11.9 Å². The summed E-state index contributed by atoms with van der Waals surface area (Å²) >= 11 is 0. The van der Waals surface area contributed by atoms with Gasteiger partial charge in [0.05, 0.1) is 5.69 Å². The standard InChI is InChI=1S/C13H11N3O/c17-12-9-16(10-5-2-1-3-6-10)13-11(15-12)7-4-8-14-13/h1-8H,9H2,(H,15,17). The first-order chi connectivity index (χ1) is 8.34. The number of carbonyl (C=O) groups is 1. The van der Waals surface area contributed by atoms with Crippen LogP contribution in [0.2, 0.25) is 0 Å². The van der Waals surface area contributed by atoms with E-state index in [2.05, 4.69) is 10.3 Å². The lowest BCUT2D eigenvalue weighted by Gasteiger charge is -2.29. The van der Waals surface area contributed by atoms with Crippen LogP contribution in [0.3, 0.4) is 0 Å². The van der Waals surface area contributed by atoms with Crippen molar-refractivity contribution in [2.75, 3.05) is 16.8 Å². The van der Waals surface area contributed by atoms with Crippen LogP contribution in [0.25, 0.3) is 0 Å². The Bertz CT molecular complexity index is 554. The molecule has 0 saturated carbocycles. The fraction of sp³-hybridized carbons (Fsp3) is 0.0769. The largest absolute Gasteiger partial charge is 0.321 e. The third-order valence-corrected chi connectivity index (χ3v) is 2.69. The quantitative estimate of drug-likeness (QED) is 0.809. The molecule has 17 heavy (non-hydrogen) atoms. The number of nitrogens with zero attached hydrogens (tertiary/aromatic N) is 2. The van der Waals surface area contributed by atoms with Gasteiger partial charge in [-0.2, -0.15) is 0 Å². The van der Waals surface area contributed by atoms with Gasteiger partial charge in [0.1, 0.15) is 6.54 Å². The lowest BCUT2D eigenvalue weighted by atomic mass is 10.2. The highest BCUT2D eigenvalue weighted by Gasteiger charge is 2.23. The molecule has 1 N–H and O–H groups in total. The summed E-state index contributed by atoms with van der Waals surface area (Å²) in [6.45, 7) is 0.300. The van der Waals surface area contributed by atoms with Gasteiger partial charge in [-0.05, 0) is 24.3 Å². The fourth-order valence-corrected chi connectivity index (χ4v) is 1.94. The SMILES string of the molecule is O=C1CN(c2ccccc2)c2ncccc2N1. The van der Waals surface area contributed by atoms with Crippen molar-refractivity contribution in [2.24, 2.45) is 0 Å². The third-order valence-electron chi connectivity index (χ3n) is 2.69. The molecule has 1 amide bonds. The van der Waals surface area contributed by atoms with Gasteiger partial charge in [-0.15, -0.1) is 0 Å². The van der Waals surface area contributed by atoms with Crippen LogP contribution in [0, 0.1) is 0 Å². The molecule has 0 fully saturated rings. The van der Waals surface area contributed by atoms with Crippen LogP contribution in [-0.2, 0) is 4.79 Å². The normalized spacial score (nSPS) is 14.1. The zero-order chi connectivity index (χ0) is 11.7. The Morgan fingerprint density at radius 3 is 2.76 bits per heavy atom. The van der Waals surface area contributed by atoms with Crippen LogP contribution >= 0.6 is 0 Å². The van der Waals surface area contributed by atoms with Crippen LogP contribution in [0.5, 0.6) is 0 Å². The number of rotatable bonds is 1. The van der Waals surface area contributed by atoms with E-state index in [1.165, 1.54) is 0 Å². The number of carbonyl (C=O) groups excluding carboxylic acids is 1. The molecule has 1 aliphatic rings. The van der Waals surface area contributed by atoms with Crippen molar-refractivity contribution >= 4 is 23.1 Å². The smallest absolute Gasteiger partial charge is 0.244 e. The van der Waals surface area contributed by atoms with Gasteiger partial charge in [-0.3, -0.25) is 4.79 Å². The molecule has 0 spiro atoms. The number of para-hydroxylation sites is 1. The first-order valence-corrected chi connectivity index (χ1v) is 5.42. The Morgan fingerprint density at radius 2 is 1.94 bits per heavy atom. The van der Waals surface area contributed by atoms with Crippen LogP contribution in [0.4, 0.5) is 17.2 Å². The Morgan fingerprint density at radius 1 is 1.12 bits per heavy atom. The average molecular weight is 225 g/mol. The summed E-state index contributed by atoms with van der Waals surface area (Å²) < 4.78 is 0. The molecule has 0 aliphatic carbocycles. The second kappa shape index (κ2) is 3.90. The van der Waals surface area contributed by atoms with Crippen LogP contribution in [0.15, 0.2) is 48.7 Å². The van der Waals surface area contributed by atoms with Gasteiger partial charge < -0.3 is 10.2 Å². The van der Waals surface area contributed by atoms with Crippen LogP contribution in [0.1, 0.15) is 0 Å². The molecule has 2 heterocycles. The van der Waals surface area contributed by atoms with E-state index in [9.17, 15) is 4.79 Å². The van der Waals surface area contributed by atoms with E-state index in [0.29, 0.717) is 6.54 Å². The van der Waals surface area contributed by atoms with Crippen LogP contribution in [-0.4, -0.2) is 17.4 Å². The summed E-state index contributed by atoms with van der Waals surface area (Å²) in [6.07, 6.45) is 1.73. The van der Waals surface area contributed by atoms with E-state index >= 15 is 0 Å². The predicted octanol–water partition coefficient (Wildman–Crippen LogP) is 2.17. The molecule has 1 aliphatic heterocycles. The lowest BCUT2D eigenvalue weighted by Crippen LogP contribution is -2.35. The number of aromatic nitrogens is 1. The Kier molecular flexibility index (Phi) is 2.26. The maximum atomic E-state index is 11.6. The summed E-state index contributed by atoms with van der Waals surface area (Å²) in [5.74, 6) is 0.771. The van der Waals surface area contributed by atoms with E-state index in [0.717, 1.165) is 17.2 Å². The fourth-order valence-electron chi connectivity index (χ4n) is 1.94. The van der Waals surface area contributed by atoms with Gasteiger partial charge >= 0.3 is 0 Å². The summed E-state index contributed by atoms with van der Waals surface area (Å²) in [6, 6.07) is 13.5. The molecule has 4 nitrogen and oxygen atoms in total. The monoisotopic (exact) mass is 225 g/mol. The van der Waals surface area contributed by atoms with Gasteiger partial charge in [-0.1, -0.05) is 18.2 Å². The van der Waals surface area contributed by atoms with E-state index in [-0.39, 0.29) is 5.91 Å². The number of pyridine rings is 1. The minimum Gasteiger partial charge on any atom is -0.321 e. The molecule has 0 saturated heterocycles. The zero-order valence-electron chi connectivity index (χ0n) is 9.13. The van der Waals surface area contributed by atoms with E-state index in [4.69, 9.17) is 0 Å². The summed E-state index contributed by atoms with van der Waals surface area (Å²) in [5, 5.41) is 2.82. The number of fused-ring (bicyclic) bond motifs is 1. The molecule has 0 bridgehead atoms. The maximum Gasteiger partial charge on any atom is 0.244 e. The number of hydrogen-bond acceptors (Lipinski definition) is 3. The highest BCUT2D eigenvalue weighted by atomic mass is 16.2. The average Bonchev–Trinajstić information content (AvgIpc) is 2.39. The molecular formula is C13H11N3O. The first-order valence-electron chi connectivity index (χ1n) is 5.42. The Labute approximate surface area is 98.9 Å². The number of benzene rings is 1. The minimum absolute atomic E-state index is 0.0191. The van der Waals surface area contributed by atoms with Crippen molar-refractivity contribution in [3.63, 3.8) is 0 Å². The summed E-state index contributed by atoms with van der Waals surface area (Å²) in [5.41, 5.74) is 1.73. The van der Waals surface area contributed by atoms with Gasteiger partial charge in [-0.25, -0.2) is 4.98 Å². The van der Waals surface area contributed by atoms with Gasteiger partial charge in [0.2, 0.25) is 5.91 Å². The summed E-state index contributed by atoms with van der Waals surface area (Å²) in [7, 11) is 0. The topological polar surface area (TPSA) is 45.2 Å². The molecule has 2 aromatic rings. The Balaban J connectivity index is 2.10. The molecule has 1 aromatic carbocycles. The van der Waals surface area contributed by atoms with Gasteiger partial charge in [0.15, 0.2) is 5.82 Å². The molecule has 1 aromatic heterocycles. The van der Waals surface area contributed by atoms with Gasteiger partial charge in [0.25, 0.3) is 0 Å². The van der Waals surface area contributed by atoms with Crippen LogP contribution < -0.4 is 10.2 Å². The Hall–Kier alpha value is -2.36. The zero-order valence-corrected chi connectivity index (χ0v) is 9.13. The number of anilines is 3. The van der Waals surface area contributed by atoms with Crippen molar-refractivity contribution in [1.29, 1.82) is 0 Å². The molecule has 0 atom stereocenters. The minimum atomic E-state index is -0.0191. The van der Waals surface area contributed by atoms with E-state index in [1.807, 2.05) is 47.4 Å². The third kappa shape index (κ3) is 1.73. The lowest BCUT2D eigenvalue weighted by molar-refractivity contribution is -0.115. The van der Waals surface area contributed by atoms with Crippen molar-refractivity contribution in [3.8, 4) is 0 Å². The van der Waals surface area contributed by atoms with Crippen molar-refractivity contribution < 1.29 is 4.79 Å².